The minimum atomic E-state index is -4.54. The molecule has 1 aliphatic carbocycles. The maximum atomic E-state index is 13.5. The van der Waals surface area contributed by atoms with Gasteiger partial charge in [-0.15, -0.1) is 5.10 Å². The summed E-state index contributed by atoms with van der Waals surface area (Å²) in [5.74, 6) is -0.300. The molecule has 5 rings (SSSR count). The highest BCUT2D eigenvalue weighted by Crippen LogP contribution is 2.45. The first-order valence-corrected chi connectivity index (χ1v) is 12.2. The van der Waals surface area contributed by atoms with Crippen molar-refractivity contribution in [3.05, 3.63) is 55.1 Å². The fourth-order valence-corrected chi connectivity index (χ4v) is 5.96. The lowest BCUT2D eigenvalue weighted by molar-refractivity contribution is -0.137. The van der Waals surface area contributed by atoms with E-state index in [1.165, 1.54) is 4.52 Å². The molecule has 186 valence electrons. The summed E-state index contributed by atoms with van der Waals surface area (Å²) in [6, 6.07) is 2.98. The largest absolute Gasteiger partial charge is 0.416 e. The molecular formula is C22H21BrClF3N6O2. The van der Waals surface area contributed by atoms with Gasteiger partial charge in [-0.1, -0.05) is 11.6 Å². The van der Waals surface area contributed by atoms with Crippen molar-refractivity contribution in [1.29, 1.82) is 0 Å². The van der Waals surface area contributed by atoms with E-state index in [9.17, 15) is 22.8 Å². The quantitative estimate of drug-likeness (QED) is 0.496. The van der Waals surface area contributed by atoms with E-state index >= 15 is 0 Å². The predicted octanol–water partition coefficient (Wildman–Crippen LogP) is 3.92. The van der Waals surface area contributed by atoms with Gasteiger partial charge in [0.15, 0.2) is 0 Å². The van der Waals surface area contributed by atoms with E-state index in [1.807, 2.05) is 0 Å². The number of carbonyl (C=O) groups excluding carboxylic acids is 1. The van der Waals surface area contributed by atoms with Crippen LogP contribution in [0.25, 0.3) is 5.78 Å². The lowest BCUT2D eigenvalue weighted by atomic mass is 9.72. The van der Waals surface area contributed by atoms with Crippen molar-refractivity contribution in [3.63, 3.8) is 0 Å². The molecule has 35 heavy (non-hydrogen) atoms. The van der Waals surface area contributed by atoms with Crippen LogP contribution in [0.3, 0.4) is 0 Å². The molecule has 8 nitrogen and oxygen atoms in total. The van der Waals surface area contributed by atoms with Crippen molar-refractivity contribution in [2.24, 2.45) is 0 Å². The van der Waals surface area contributed by atoms with Crippen LogP contribution in [-0.2, 0) is 29.4 Å². The first kappa shape index (κ1) is 24.3. The Labute approximate surface area is 211 Å². The van der Waals surface area contributed by atoms with Gasteiger partial charge in [-0.25, -0.2) is 0 Å². The number of rotatable bonds is 3. The number of nitrogens with zero attached hydrogens (tertiary/aromatic N) is 4. The van der Waals surface area contributed by atoms with Crippen LogP contribution in [0.1, 0.15) is 43.0 Å². The standard InChI is InChI=1S/C22H21BrClF3N6O2/c1-11-9-21(6-7-28-11)5-4-15-17(21)18(35)33-20(30-19(23)31-33)32(15)10-16(34)29-14-3-2-12(8-13(14)24)22(25,26)27/h2-3,8,11,28H,4-7,9-10H2,1H3,(H,29,34)/t11-,21-/m0/s1. The van der Waals surface area contributed by atoms with Crippen molar-refractivity contribution >= 4 is 44.9 Å². The number of anilines is 1. The molecule has 1 spiro atoms. The molecule has 1 fully saturated rings. The Morgan fingerprint density at radius 2 is 2.14 bits per heavy atom. The highest BCUT2D eigenvalue weighted by Gasteiger charge is 2.45. The molecule has 3 heterocycles. The zero-order valence-electron chi connectivity index (χ0n) is 18.5. The third-order valence-corrected chi connectivity index (χ3v) is 7.51. The number of hydrogen-bond acceptors (Lipinski definition) is 5. The monoisotopic (exact) mass is 572 g/mol. The maximum absolute atomic E-state index is 13.5. The Morgan fingerprint density at radius 1 is 1.37 bits per heavy atom. The lowest BCUT2D eigenvalue weighted by Gasteiger charge is -2.37. The predicted molar refractivity (Wildman–Crippen MR) is 127 cm³/mol. The molecule has 13 heteroatoms. The number of piperidine rings is 1. The average molecular weight is 574 g/mol. The number of hydrogen-bond donors (Lipinski definition) is 2. The van der Waals surface area contributed by atoms with Gasteiger partial charge < -0.3 is 15.2 Å². The highest BCUT2D eigenvalue weighted by atomic mass is 79.9. The molecule has 0 radical (unpaired) electrons. The summed E-state index contributed by atoms with van der Waals surface area (Å²) in [4.78, 5) is 30.8. The van der Waals surface area contributed by atoms with Gasteiger partial charge in [0, 0.05) is 22.7 Å². The SMILES string of the molecule is C[C@H]1C[C@@]2(CCN1)CCc1c2c(=O)n2nc(Br)nc2n1CC(=O)Nc1ccc(C(F)(F)F)cc1Cl. The van der Waals surface area contributed by atoms with Gasteiger partial charge in [0.25, 0.3) is 5.56 Å². The molecule has 0 saturated carbocycles. The summed E-state index contributed by atoms with van der Waals surface area (Å²) in [5, 5.41) is 9.97. The molecule has 1 aromatic carbocycles. The Balaban J connectivity index is 1.52. The van der Waals surface area contributed by atoms with E-state index in [0.29, 0.717) is 12.0 Å². The number of carbonyl (C=O) groups is 1. The van der Waals surface area contributed by atoms with Gasteiger partial charge in [-0.2, -0.15) is 22.7 Å². The van der Waals surface area contributed by atoms with E-state index in [0.717, 1.165) is 49.7 Å². The molecule has 0 bridgehead atoms. The van der Waals surface area contributed by atoms with Gasteiger partial charge in [-0.05, 0) is 73.3 Å². The lowest BCUT2D eigenvalue weighted by Crippen LogP contribution is -2.46. The van der Waals surface area contributed by atoms with Crippen LogP contribution in [0.2, 0.25) is 5.02 Å². The number of fused-ring (bicyclic) bond motifs is 3. The third-order valence-electron chi connectivity index (χ3n) is 6.86. The highest BCUT2D eigenvalue weighted by molar-refractivity contribution is 9.10. The van der Waals surface area contributed by atoms with Crippen LogP contribution in [-0.4, -0.2) is 37.7 Å². The molecule has 2 atom stereocenters. The molecule has 1 saturated heterocycles. The van der Waals surface area contributed by atoms with E-state index in [1.54, 1.807) is 4.57 Å². The summed E-state index contributed by atoms with van der Waals surface area (Å²) in [6.07, 6.45) is -1.56. The van der Waals surface area contributed by atoms with Crippen LogP contribution in [0.4, 0.5) is 18.9 Å². The number of alkyl halides is 3. The van der Waals surface area contributed by atoms with Gasteiger partial charge >= 0.3 is 6.18 Å². The fourth-order valence-electron chi connectivity index (χ4n) is 5.42. The molecule has 0 unspecified atom stereocenters. The van der Waals surface area contributed by atoms with Crippen LogP contribution in [0, 0.1) is 0 Å². The van der Waals surface area contributed by atoms with Gasteiger partial charge in [-0.3, -0.25) is 9.59 Å². The van der Waals surface area contributed by atoms with E-state index in [2.05, 4.69) is 43.6 Å². The summed E-state index contributed by atoms with van der Waals surface area (Å²) in [5.41, 5.74) is 0.0157. The Hall–Kier alpha value is -2.44. The number of nitrogens with one attached hydrogen (secondary N) is 2. The van der Waals surface area contributed by atoms with E-state index in [4.69, 9.17) is 11.6 Å². The van der Waals surface area contributed by atoms with Crippen LogP contribution >= 0.6 is 27.5 Å². The Morgan fingerprint density at radius 3 is 2.83 bits per heavy atom. The summed E-state index contributed by atoms with van der Waals surface area (Å²) in [6.45, 7) is 2.66. The number of aromatic nitrogens is 4. The van der Waals surface area contributed by atoms with Crippen LogP contribution in [0.5, 0.6) is 0 Å². The second kappa shape index (κ2) is 8.59. The minimum absolute atomic E-state index is 0.0599. The summed E-state index contributed by atoms with van der Waals surface area (Å²) in [7, 11) is 0. The number of benzene rings is 1. The first-order valence-electron chi connectivity index (χ1n) is 11.1. The third kappa shape index (κ3) is 4.25. The topological polar surface area (TPSA) is 93.3 Å². The number of halogens is 5. The zero-order chi connectivity index (χ0) is 25.1. The summed E-state index contributed by atoms with van der Waals surface area (Å²) < 4.78 is 41.9. The molecule has 3 aromatic rings. The molecule has 2 aliphatic rings. The van der Waals surface area contributed by atoms with Gasteiger partial charge in [0.2, 0.25) is 16.4 Å². The minimum Gasteiger partial charge on any atom is -0.323 e. The normalized spacial score (nSPS) is 22.1. The average Bonchev–Trinajstić information content (AvgIpc) is 3.33. The smallest absolute Gasteiger partial charge is 0.323 e. The van der Waals surface area contributed by atoms with Crippen LogP contribution in [0.15, 0.2) is 27.7 Å². The maximum Gasteiger partial charge on any atom is 0.416 e. The van der Waals surface area contributed by atoms with Crippen molar-refractivity contribution in [1.82, 2.24) is 24.5 Å². The molecule has 1 aliphatic heterocycles. The Bertz CT molecular complexity index is 1400. The van der Waals surface area contributed by atoms with E-state index in [-0.39, 0.29) is 44.8 Å². The summed E-state index contributed by atoms with van der Waals surface area (Å²) >= 11 is 9.22. The molecule has 1 amide bonds. The van der Waals surface area contributed by atoms with Crippen molar-refractivity contribution < 1.29 is 18.0 Å². The zero-order valence-corrected chi connectivity index (χ0v) is 20.9. The van der Waals surface area contributed by atoms with Gasteiger partial charge in [0.05, 0.1) is 16.3 Å². The van der Waals surface area contributed by atoms with Crippen LogP contribution < -0.4 is 16.2 Å². The first-order chi connectivity index (χ1) is 16.5. The number of amides is 1. The molecule has 2 N–H and O–H groups in total. The van der Waals surface area contributed by atoms with Gasteiger partial charge in [0.1, 0.15) is 6.54 Å². The van der Waals surface area contributed by atoms with Crippen molar-refractivity contribution in [2.75, 3.05) is 11.9 Å². The second-order valence-electron chi connectivity index (χ2n) is 9.14. The molecular weight excluding hydrogens is 553 g/mol. The molecule has 2 aromatic heterocycles. The second-order valence-corrected chi connectivity index (χ2v) is 10.3. The van der Waals surface area contributed by atoms with Crippen molar-refractivity contribution in [3.8, 4) is 0 Å². The Kier molecular flexibility index (Phi) is 5.96. The van der Waals surface area contributed by atoms with E-state index < -0.39 is 17.6 Å². The fraction of sp³-hybridized carbons (Fsp3) is 0.455. The van der Waals surface area contributed by atoms with Crippen molar-refractivity contribution in [2.45, 2.75) is 56.8 Å².